The van der Waals surface area contributed by atoms with E-state index in [1.165, 1.54) is 18.4 Å². The van der Waals surface area contributed by atoms with E-state index in [4.69, 9.17) is 16.3 Å². The average molecular weight is 359 g/mol. The predicted octanol–water partition coefficient (Wildman–Crippen LogP) is 3.38. The second-order valence-electron chi connectivity index (χ2n) is 6.86. The monoisotopic (exact) mass is 358 g/mol. The summed E-state index contributed by atoms with van der Waals surface area (Å²) in [5.74, 6) is 1.62. The number of hydrogen-bond donors (Lipinski definition) is 0. The van der Waals surface area contributed by atoms with Gasteiger partial charge in [-0.05, 0) is 37.0 Å². The summed E-state index contributed by atoms with van der Waals surface area (Å²) in [6.07, 6.45) is 5.26. The summed E-state index contributed by atoms with van der Waals surface area (Å²) in [5, 5.41) is 0.792. The molecule has 2 aliphatic rings. The van der Waals surface area contributed by atoms with E-state index in [1.54, 1.807) is 13.4 Å². The molecule has 25 heavy (non-hydrogen) atoms. The van der Waals surface area contributed by atoms with Crippen molar-refractivity contribution in [3.8, 4) is 5.88 Å². The van der Waals surface area contributed by atoms with Crippen LogP contribution < -0.4 is 9.64 Å². The standard InChI is InChI=1S/C19H23ClN4O/c1-25-19-10-18(21-13-22-19)24(16-6-7-16)17-8-9-23(12-17)11-14-2-4-15(20)5-3-14/h2-5,10,13,16-17H,6-9,11-12H2,1H3. The third-order valence-electron chi connectivity index (χ3n) is 5.00. The maximum atomic E-state index is 5.98. The minimum absolute atomic E-state index is 0.499. The van der Waals surface area contributed by atoms with E-state index in [0.29, 0.717) is 18.0 Å². The second-order valence-corrected chi connectivity index (χ2v) is 7.30. The van der Waals surface area contributed by atoms with E-state index in [2.05, 4.69) is 31.9 Å². The van der Waals surface area contributed by atoms with Gasteiger partial charge in [-0.15, -0.1) is 0 Å². The number of ether oxygens (including phenoxy) is 1. The van der Waals surface area contributed by atoms with Crippen LogP contribution in [0.25, 0.3) is 0 Å². The van der Waals surface area contributed by atoms with Crippen molar-refractivity contribution in [2.24, 2.45) is 0 Å². The van der Waals surface area contributed by atoms with E-state index in [1.807, 2.05) is 18.2 Å². The average Bonchev–Trinajstić information content (AvgIpc) is 3.36. The van der Waals surface area contributed by atoms with Crippen LogP contribution in [-0.2, 0) is 6.54 Å². The number of anilines is 1. The zero-order valence-corrected chi connectivity index (χ0v) is 15.2. The number of rotatable bonds is 6. The summed E-state index contributed by atoms with van der Waals surface area (Å²) >= 11 is 5.98. The molecule has 1 aliphatic carbocycles. The molecule has 0 amide bonds. The zero-order chi connectivity index (χ0) is 17.2. The molecular formula is C19H23ClN4O. The third kappa shape index (κ3) is 3.88. The van der Waals surface area contributed by atoms with E-state index in [9.17, 15) is 0 Å². The summed E-state index contributed by atoms with van der Waals surface area (Å²) < 4.78 is 5.28. The van der Waals surface area contributed by atoms with Crippen molar-refractivity contribution >= 4 is 17.4 Å². The molecule has 2 fully saturated rings. The van der Waals surface area contributed by atoms with Gasteiger partial charge < -0.3 is 9.64 Å². The Kier molecular flexibility index (Phi) is 4.77. The van der Waals surface area contributed by atoms with Crippen LogP contribution in [0.5, 0.6) is 5.88 Å². The van der Waals surface area contributed by atoms with Crippen LogP contribution in [0.15, 0.2) is 36.7 Å². The number of nitrogens with zero attached hydrogens (tertiary/aromatic N) is 4. The smallest absolute Gasteiger partial charge is 0.218 e. The minimum atomic E-state index is 0.499. The highest BCUT2D eigenvalue weighted by molar-refractivity contribution is 6.30. The van der Waals surface area contributed by atoms with Gasteiger partial charge >= 0.3 is 0 Å². The molecule has 1 aromatic carbocycles. The molecular weight excluding hydrogens is 336 g/mol. The molecule has 1 aromatic heterocycles. The molecule has 4 rings (SSSR count). The molecule has 1 saturated heterocycles. The fraction of sp³-hybridized carbons (Fsp3) is 0.474. The molecule has 0 spiro atoms. The fourth-order valence-corrected chi connectivity index (χ4v) is 3.76. The van der Waals surface area contributed by atoms with Crippen molar-refractivity contribution in [3.05, 3.63) is 47.2 Å². The Morgan fingerprint density at radius 3 is 2.68 bits per heavy atom. The highest BCUT2D eigenvalue weighted by Gasteiger charge is 2.38. The maximum absolute atomic E-state index is 5.98. The number of benzene rings is 1. The normalized spacial score (nSPS) is 20.6. The van der Waals surface area contributed by atoms with Gasteiger partial charge in [-0.2, -0.15) is 0 Å². The molecule has 0 radical (unpaired) electrons. The molecule has 1 unspecified atom stereocenters. The van der Waals surface area contributed by atoms with Crippen LogP contribution in [0.3, 0.4) is 0 Å². The number of hydrogen-bond acceptors (Lipinski definition) is 5. The molecule has 1 atom stereocenters. The fourth-order valence-electron chi connectivity index (χ4n) is 3.64. The Morgan fingerprint density at radius 1 is 1.16 bits per heavy atom. The predicted molar refractivity (Wildman–Crippen MR) is 99.2 cm³/mol. The summed E-state index contributed by atoms with van der Waals surface area (Å²) in [6.45, 7) is 3.14. The first kappa shape index (κ1) is 16.6. The van der Waals surface area contributed by atoms with Gasteiger partial charge in [-0.25, -0.2) is 9.97 Å². The van der Waals surface area contributed by atoms with E-state index < -0.39 is 0 Å². The molecule has 1 saturated carbocycles. The Labute approximate surface area is 153 Å². The summed E-state index contributed by atoms with van der Waals surface area (Å²) in [4.78, 5) is 13.7. The van der Waals surface area contributed by atoms with Gasteiger partial charge in [0.1, 0.15) is 12.1 Å². The molecule has 6 heteroatoms. The van der Waals surface area contributed by atoms with Crippen molar-refractivity contribution in [2.45, 2.75) is 37.9 Å². The lowest BCUT2D eigenvalue weighted by Gasteiger charge is -2.30. The zero-order valence-electron chi connectivity index (χ0n) is 14.4. The summed E-state index contributed by atoms with van der Waals surface area (Å²) in [5.41, 5.74) is 1.31. The van der Waals surface area contributed by atoms with Crippen molar-refractivity contribution < 1.29 is 4.74 Å². The van der Waals surface area contributed by atoms with Gasteiger partial charge in [0.2, 0.25) is 5.88 Å². The first-order chi connectivity index (χ1) is 12.2. The number of aromatic nitrogens is 2. The topological polar surface area (TPSA) is 41.5 Å². The van der Waals surface area contributed by atoms with Crippen LogP contribution in [-0.4, -0.2) is 47.2 Å². The van der Waals surface area contributed by atoms with Gasteiger partial charge in [0.05, 0.1) is 7.11 Å². The molecule has 2 aromatic rings. The van der Waals surface area contributed by atoms with Crippen LogP contribution in [0.1, 0.15) is 24.8 Å². The maximum Gasteiger partial charge on any atom is 0.218 e. The molecule has 0 N–H and O–H groups in total. The van der Waals surface area contributed by atoms with Crippen molar-refractivity contribution in [1.29, 1.82) is 0 Å². The number of likely N-dealkylation sites (tertiary alicyclic amines) is 1. The molecule has 2 heterocycles. The highest BCUT2D eigenvalue weighted by atomic mass is 35.5. The van der Waals surface area contributed by atoms with Crippen LogP contribution in [0, 0.1) is 0 Å². The van der Waals surface area contributed by atoms with Crippen molar-refractivity contribution in [1.82, 2.24) is 14.9 Å². The largest absolute Gasteiger partial charge is 0.481 e. The van der Waals surface area contributed by atoms with E-state index in [0.717, 1.165) is 36.9 Å². The Bertz CT molecular complexity index is 720. The first-order valence-corrected chi connectivity index (χ1v) is 9.22. The highest BCUT2D eigenvalue weighted by Crippen LogP contribution is 2.35. The second kappa shape index (κ2) is 7.18. The molecule has 0 bridgehead atoms. The Morgan fingerprint density at radius 2 is 1.96 bits per heavy atom. The SMILES string of the molecule is COc1cc(N(C2CC2)C2CCN(Cc3ccc(Cl)cc3)C2)ncn1. The van der Waals surface area contributed by atoms with Crippen LogP contribution in [0.4, 0.5) is 5.82 Å². The lowest BCUT2D eigenvalue weighted by molar-refractivity contribution is 0.324. The quantitative estimate of drug-likeness (QED) is 0.791. The minimum Gasteiger partial charge on any atom is -0.481 e. The van der Waals surface area contributed by atoms with Gasteiger partial charge in [0, 0.05) is 42.8 Å². The molecule has 5 nitrogen and oxygen atoms in total. The lowest BCUT2D eigenvalue weighted by Crippen LogP contribution is -2.39. The van der Waals surface area contributed by atoms with Crippen molar-refractivity contribution in [2.75, 3.05) is 25.1 Å². The number of methoxy groups -OCH3 is 1. The van der Waals surface area contributed by atoms with Gasteiger partial charge in [0.25, 0.3) is 0 Å². The van der Waals surface area contributed by atoms with Crippen LogP contribution in [0.2, 0.25) is 5.02 Å². The lowest BCUT2D eigenvalue weighted by atomic mass is 10.2. The van der Waals surface area contributed by atoms with Gasteiger partial charge in [-0.1, -0.05) is 23.7 Å². The van der Waals surface area contributed by atoms with Crippen molar-refractivity contribution in [3.63, 3.8) is 0 Å². The van der Waals surface area contributed by atoms with Gasteiger partial charge in [-0.3, -0.25) is 4.90 Å². The summed E-state index contributed by atoms with van der Waals surface area (Å²) in [7, 11) is 1.65. The van der Waals surface area contributed by atoms with E-state index >= 15 is 0 Å². The van der Waals surface area contributed by atoms with Crippen LogP contribution >= 0.6 is 11.6 Å². The number of halogens is 1. The first-order valence-electron chi connectivity index (χ1n) is 8.84. The Hall–Kier alpha value is -1.85. The molecule has 1 aliphatic heterocycles. The van der Waals surface area contributed by atoms with E-state index in [-0.39, 0.29) is 0 Å². The summed E-state index contributed by atoms with van der Waals surface area (Å²) in [6, 6.07) is 11.2. The third-order valence-corrected chi connectivity index (χ3v) is 5.25. The molecule has 132 valence electrons. The van der Waals surface area contributed by atoms with Gasteiger partial charge in [0.15, 0.2) is 0 Å². The Balaban J connectivity index is 1.45.